The van der Waals surface area contributed by atoms with E-state index in [2.05, 4.69) is 10.0 Å². The lowest BCUT2D eigenvalue weighted by Gasteiger charge is -2.13. The summed E-state index contributed by atoms with van der Waals surface area (Å²) < 4.78 is 5.56. The fourth-order valence-corrected chi connectivity index (χ4v) is 1.92. The van der Waals surface area contributed by atoms with Crippen molar-refractivity contribution in [3.8, 4) is 12.1 Å². The molecule has 2 rings (SSSR count). The summed E-state index contributed by atoms with van der Waals surface area (Å²) in [5.74, 6) is 1.13. The standard InChI is InChI=1S/C17H11N5O/c1-12-8-14(15(10-18)11-19)9-17(23-12)7-4-13-2-5-16(6-3-13)21-22-20/h2-9H,1H3/b7-4+. The van der Waals surface area contributed by atoms with Gasteiger partial charge in [0.15, 0.2) is 0 Å². The van der Waals surface area contributed by atoms with Gasteiger partial charge < -0.3 is 4.74 Å². The van der Waals surface area contributed by atoms with Crippen LogP contribution in [-0.4, -0.2) is 0 Å². The molecule has 0 bridgehead atoms. The molecule has 1 aliphatic rings. The van der Waals surface area contributed by atoms with Gasteiger partial charge in [0, 0.05) is 16.2 Å². The first kappa shape index (κ1) is 15.7. The number of hydrogen-bond acceptors (Lipinski definition) is 4. The Morgan fingerprint density at radius 3 is 2.48 bits per heavy atom. The van der Waals surface area contributed by atoms with Gasteiger partial charge in [-0.05, 0) is 36.2 Å². The third kappa shape index (κ3) is 4.12. The van der Waals surface area contributed by atoms with Crippen LogP contribution < -0.4 is 0 Å². The van der Waals surface area contributed by atoms with Gasteiger partial charge in [-0.3, -0.25) is 0 Å². The van der Waals surface area contributed by atoms with E-state index in [1.54, 1.807) is 49.4 Å². The molecular weight excluding hydrogens is 290 g/mol. The minimum absolute atomic E-state index is 0.0391. The Morgan fingerprint density at radius 1 is 1.17 bits per heavy atom. The van der Waals surface area contributed by atoms with Crippen LogP contribution in [0.3, 0.4) is 0 Å². The van der Waals surface area contributed by atoms with Crippen LogP contribution in [-0.2, 0) is 4.74 Å². The van der Waals surface area contributed by atoms with Gasteiger partial charge in [0.2, 0.25) is 0 Å². The highest BCUT2D eigenvalue weighted by atomic mass is 16.5. The molecule has 0 radical (unpaired) electrons. The summed E-state index contributed by atoms with van der Waals surface area (Å²) in [7, 11) is 0. The third-order valence-corrected chi connectivity index (χ3v) is 2.94. The Bertz CT molecular complexity index is 851. The van der Waals surface area contributed by atoms with Crippen LogP contribution in [0.25, 0.3) is 16.5 Å². The molecule has 23 heavy (non-hydrogen) atoms. The van der Waals surface area contributed by atoms with E-state index in [9.17, 15) is 0 Å². The first-order valence-electron chi connectivity index (χ1n) is 6.62. The molecule has 1 aliphatic heterocycles. The summed E-state index contributed by atoms with van der Waals surface area (Å²) in [6.45, 7) is 1.75. The molecule has 6 nitrogen and oxygen atoms in total. The maximum Gasteiger partial charge on any atom is 0.137 e. The molecule has 1 aromatic rings. The summed E-state index contributed by atoms with van der Waals surface area (Å²) in [6, 6.07) is 10.7. The Hall–Kier alpha value is -3.73. The second kappa shape index (κ2) is 7.33. The number of hydrogen-bond donors (Lipinski definition) is 0. The molecule has 0 atom stereocenters. The van der Waals surface area contributed by atoms with Gasteiger partial charge >= 0.3 is 0 Å². The van der Waals surface area contributed by atoms with Crippen molar-refractivity contribution < 1.29 is 4.74 Å². The molecule has 0 aromatic heterocycles. The summed E-state index contributed by atoms with van der Waals surface area (Å²) in [5.41, 5.74) is 10.4. The maximum atomic E-state index is 8.95. The molecule has 1 aromatic carbocycles. The second-order valence-electron chi connectivity index (χ2n) is 4.57. The van der Waals surface area contributed by atoms with E-state index in [0.717, 1.165) is 5.56 Å². The van der Waals surface area contributed by atoms with Gasteiger partial charge in [-0.15, -0.1) is 0 Å². The van der Waals surface area contributed by atoms with E-state index < -0.39 is 0 Å². The first-order chi connectivity index (χ1) is 11.2. The monoisotopic (exact) mass is 301 g/mol. The lowest BCUT2D eigenvalue weighted by molar-refractivity contribution is 0.318. The maximum absolute atomic E-state index is 8.95. The number of azide groups is 1. The minimum Gasteiger partial charge on any atom is -0.462 e. The summed E-state index contributed by atoms with van der Waals surface area (Å²) >= 11 is 0. The number of nitriles is 2. The van der Waals surface area contributed by atoms with Crippen LogP contribution in [0.4, 0.5) is 5.69 Å². The van der Waals surface area contributed by atoms with Gasteiger partial charge in [0.25, 0.3) is 0 Å². The van der Waals surface area contributed by atoms with E-state index >= 15 is 0 Å². The van der Waals surface area contributed by atoms with Gasteiger partial charge in [-0.2, -0.15) is 10.5 Å². The number of nitrogens with zero attached hydrogens (tertiary/aromatic N) is 5. The molecule has 1 heterocycles. The van der Waals surface area contributed by atoms with Crippen LogP contribution in [0.2, 0.25) is 0 Å². The van der Waals surface area contributed by atoms with Crippen molar-refractivity contribution in [1.29, 1.82) is 10.5 Å². The lowest BCUT2D eigenvalue weighted by Crippen LogP contribution is -1.97. The van der Waals surface area contributed by atoms with Crippen LogP contribution >= 0.6 is 0 Å². The van der Waals surface area contributed by atoms with E-state index in [1.165, 1.54) is 0 Å². The Kier molecular flexibility index (Phi) is 4.99. The normalized spacial score (nSPS) is 13.1. The van der Waals surface area contributed by atoms with Crippen molar-refractivity contribution in [2.24, 2.45) is 5.11 Å². The van der Waals surface area contributed by atoms with Crippen molar-refractivity contribution in [2.75, 3.05) is 0 Å². The van der Waals surface area contributed by atoms with Gasteiger partial charge in [-0.1, -0.05) is 35.5 Å². The van der Waals surface area contributed by atoms with Crippen molar-refractivity contribution in [2.45, 2.75) is 6.92 Å². The summed E-state index contributed by atoms with van der Waals surface area (Å²) in [4.78, 5) is 2.72. The van der Waals surface area contributed by atoms with Crippen LogP contribution in [0.1, 0.15) is 12.5 Å². The fourth-order valence-electron chi connectivity index (χ4n) is 1.92. The fraction of sp³-hybridized carbons (Fsp3) is 0.0588. The molecule has 0 aliphatic carbocycles. The molecule has 0 unspecified atom stereocenters. The average molecular weight is 301 g/mol. The van der Waals surface area contributed by atoms with E-state index in [-0.39, 0.29) is 5.57 Å². The largest absolute Gasteiger partial charge is 0.462 e. The number of rotatable bonds is 3. The first-order valence-corrected chi connectivity index (χ1v) is 6.62. The topological polar surface area (TPSA) is 106 Å². The van der Waals surface area contributed by atoms with Crippen molar-refractivity contribution in [3.05, 3.63) is 81.2 Å². The quantitative estimate of drug-likeness (QED) is 0.346. The van der Waals surface area contributed by atoms with Gasteiger partial charge in [0.05, 0.1) is 0 Å². The Morgan fingerprint density at radius 2 is 1.87 bits per heavy atom. The number of ether oxygens (including phenoxy) is 1. The number of allylic oxidation sites excluding steroid dienone is 6. The lowest BCUT2D eigenvalue weighted by atomic mass is 10.1. The van der Waals surface area contributed by atoms with Gasteiger partial charge in [-0.25, -0.2) is 0 Å². The second-order valence-corrected chi connectivity index (χ2v) is 4.57. The van der Waals surface area contributed by atoms with Crippen molar-refractivity contribution in [1.82, 2.24) is 0 Å². The molecule has 110 valence electrons. The zero-order chi connectivity index (χ0) is 16.7. The Balaban J connectivity index is 2.26. The molecule has 0 fully saturated rings. The highest BCUT2D eigenvalue weighted by molar-refractivity contribution is 5.58. The molecule has 0 saturated heterocycles. The van der Waals surface area contributed by atoms with Crippen LogP contribution in [0, 0.1) is 22.7 Å². The molecular formula is C17H11N5O. The van der Waals surface area contributed by atoms with Gasteiger partial charge in [0.1, 0.15) is 29.2 Å². The highest BCUT2D eigenvalue weighted by Gasteiger charge is 2.10. The van der Waals surface area contributed by atoms with Crippen LogP contribution in [0.15, 0.2) is 70.3 Å². The smallest absolute Gasteiger partial charge is 0.137 e. The predicted octanol–water partition coefficient (Wildman–Crippen LogP) is 4.80. The SMILES string of the molecule is CC1=CC(=C(C#N)C#N)C=C(/C=C/c2ccc(N=[N+]=[N-])cc2)O1. The van der Waals surface area contributed by atoms with E-state index in [0.29, 0.717) is 22.8 Å². The van der Waals surface area contributed by atoms with E-state index in [1.807, 2.05) is 18.2 Å². The summed E-state index contributed by atoms with van der Waals surface area (Å²) in [6.07, 6.45) is 6.85. The minimum atomic E-state index is 0.0391. The van der Waals surface area contributed by atoms with Crippen molar-refractivity contribution in [3.63, 3.8) is 0 Å². The molecule has 0 spiro atoms. The van der Waals surface area contributed by atoms with Crippen molar-refractivity contribution >= 4 is 11.8 Å². The average Bonchev–Trinajstić information content (AvgIpc) is 2.55. The molecule has 0 amide bonds. The van der Waals surface area contributed by atoms with Crippen LogP contribution in [0.5, 0.6) is 0 Å². The molecule has 0 saturated carbocycles. The zero-order valence-electron chi connectivity index (χ0n) is 12.3. The Labute approximate surface area is 133 Å². The zero-order valence-corrected chi connectivity index (χ0v) is 12.3. The van der Waals surface area contributed by atoms with E-state index in [4.69, 9.17) is 20.8 Å². The third-order valence-electron chi connectivity index (χ3n) is 2.94. The molecule has 6 heteroatoms. The number of benzene rings is 1. The predicted molar refractivity (Wildman–Crippen MR) is 85.5 cm³/mol. The molecule has 0 N–H and O–H groups in total. The summed E-state index contributed by atoms with van der Waals surface area (Å²) in [5, 5.41) is 21.4. The highest BCUT2D eigenvalue weighted by Crippen LogP contribution is 2.23.